The molecule has 0 heterocycles. The van der Waals surface area contributed by atoms with Crippen LogP contribution in [0.15, 0.2) is 40.9 Å². The van der Waals surface area contributed by atoms with E-state index >= 15 is 0 Å². The van der Waals surface area contributed by atoms with Crippen molar-refractivity contribution in [2.45, 2.75) is 25.8 Å². The van der Waals surface area contributed by atoms with Crippen LogP contribution in [-0.2, 0) is 6.42 Å². The molecule has 0 radical (unpaired) electrons. The van der Waals surface area contributed by atoms with Gasteiger partial charge in [0.2, 0.25) is 0 Å². The lowest BCUT2D eigenvalue weighted by atomic mass is 10.0. The lowest BCUT2D eigenvalue weighted by molar-refractivity contribution is 0.435. The molecule has 0 fully saturated rings. The van der Waals surface area contributed by atoms with Crippen LogP contribution in [0.25, 0.3) is 0 Å². The highest BCUT2D eigenvalue weighted by molar-refractivity contribution is 9.10. The third-order valence-electron chi connectivity index (χ3n) is 3.14. The van der Waals surface area contributed by atoms with Gasteiger partial charge in [0, 0.05) is 15.5 Å². The molecule has 2 nitrogen and oxygen atoms in total. The topological polar surface area (TPSA) is 35.2 Å². The van der Waals surface area contributed by atoms with Crippen LogP contribution < -0.4 is 10.5 Å². The molecular weight excluding hydrogens is 357 g/mol. The monoisotopic (exact) mass is 371 g/mol. The third kappa shape index (κ3) is 4.43. The minimum absolute atomic E-state index is 0.0122. The summed E-state index contributed by atoms with van der Waals surface area (Å²) in [5, 5.41) is 0.607. The zero-order valence-electron chi connectivity index (χ0n) is 11.6. The standard InChI is InChI=1S/C16H16BrClFNO/c1-2-13(20)8-10-7-12(18)4-6-15(10)21-16-9-11(17)3-5-14(16)19/h3-7,9,13H,2,8,20H2,1H3. The second kappa shape index (κ2) is 7.25. The van der Waals surface area contributed by atoms with E-state index in [1.165, 1.54) is 6.07 Å². The second-order valence-corrected chi connectivity index (χ2v) is 6.15. The molecule has 2 aromatic carbocycles. The van der Waals surface area contributed by atoms with E-state index in [1.54, 1.807) is 24.3 Å². The van der Waals surface area contributed by atoms with E-state index in [1.807, 2.05) is 13.0 Å². The van der Waals surface area contributed by atoms with E-state index in [9.17, 15) is 4.39 Å². The van der Waals surface area contributed by atoms with Gasteiger partial charge in [0.15, 0.2) is 11.6 Å². The second-order valence-electron chi connectivity index (χ2n) is 4.80. The molecule has 1 unspecified atom stereocenters. The summed E-state index contributed by atoms with van der Waals surface area (Å²) in [5.41, 5.74) is 6.86. The van der Waals surface area contributed by atoms with Gasteiger partial charge in [-0.3, -0.25) is 0 Å². The first kappa shape index (κ1) is 16.3. The molecule has 0 aliphatic heterocycles. The minimum Gasteiger partial charge on any atom is -0.454 e. The average molecular weight is 373 g/mol. The average Bonchev–Trinajstić information content (AvgIpc) is 2.45. The van der Waals surface area contributed by atoms with Crippen LogP contribution >= 0.6 is 27.5 Å². The van der Waals surface area contributed by atoms with Gasteiger partial charge in [0.1, 0.15) is 5.75 Å². The summed E-state index contributed by atoms with van der Waals surface area (Å²) in [5.74, 6) is 0.317. The smallest absolute Gasteiger partial charge is 0.165 e. The number of ether oxygens (including phenoxy) is 1. The first-order chi connectivity index (χ1) is 9.99. The molecular formula is C16H16BrClFNO. The Morgan fingerprint density at radius 1 is 1.24 bits per heavy atom. The van der Waals surface area contributed by atoms with Crippen LogP contribution in [0.3, 0.4) is 0 Å². The van der Waals surface area contributed by atoms with Crippen LogP contribution in [0.4, 0.5) is 4.39 Å². The lowest BCUT2D eigenvalue weighted by Gasteiger charge is -2.15. The molecule has 0 aromatic heterocycles. The van der Waals surface area contributed by atoms with Crippen molar-refractivity contribution in [3.63, 3.8) is 0 Å². The molecule has 112 valence electrons. The van der Waals surface area contributed by atoms with Crippen LogP contribution in [-0.4, -0.2) is 6.04 Å². The van der Waals surface area contributed by atoms with Crippen molar-refractivity contribution in [2.24, 2.45) is 5.73 Å². The van der Waals surface area contributed by atoms with E-state index in [4.69, 9.17) is 22.1 Å². The van der Waals surface area contributed by atoms with Gasteiger partial charge in [-0.25, -0.2) is 4.39 Å². The summed E-state index contributed by atoms with van der Waals surface area (Å²) in [6.07, 6.45) is 1.47. The summed E-state index contributed by atoms with van der Waals surface area (Å²) < 4.78 is 20.3. The van der Waals surface area contributed by atoms with Gasteiger partial charge in [-0.1, -0.05) is 34.5 Å². The molecule has 2 N–H and O–H groups in total. The van der Waals surface area contributed by atoms with E-state index in [0.717, 1.165) is 16.5 Å². The molecule has 2 aromatic rings. The minimum atomic E-state index is -0.418. The van der Waals surface area contributed by atoms with Crippen molar-refractivity contribution in [3.05, 3.63) is 57.3 Å². The Hall–Kier alpha value is -1.10. The fourth-order valence-electron chi connectivity index (χ4n) is 1.91. The zero-order valence-corrected chi connectivity index (χ0v) is 13.9. The number of hydrogen-bond donors (Lipinski definition) is 1. The van der Waals surface area contributed by atoms with Crippen LogP contribution in [0, 0.1) is 5.82 Å². The summed E-state index contributed by atoms with van der Waals surface area (Å²) in [6.45, 7) is 2.02. The highest BCUT2D eigenvalue weighted by Gasteiger charge is 2.12. The lowest BCUT2D eigenvalue weighted by Crippen LogP contribution is -2.21. The SMILES string of the molecule is CCC(N)Cc1cc(Cl)ccc1Oc1cc(Br)ccc1F. The number of hydrogen-bond acceptors (Lipinski definition) is 2. The maximum absolute atomic E-state index is 13.8. The quantitative estimate of drug-likeness (QED) is 0.771. The fraction of sp³-hybridized carbons (Fsp3) is 0.250. The van der Waals surface area contributed by atoms with E-state index in [0.29, 0.717) is 17.2 Å². The maximum Gasteiger partial charge on any atom is 0.165 e. The van der Waals surface area contributed by atoms with Crippen LogP contribution in [0.1, 0.15) is 18.9 Å². The molecule has 0 amide bonds. The molecule has 1 atom stereocenters. The fourth-order valence-corrected chi connectivity index (χ4v) is 2.44. The normalized spacial score (nSPS) is 12.2. The van der Waals surface area contributed by atoms with Crippen molar-refractivity contribution in [3.8, 4) is 11.5 Å². The molecule has 0 spiro atoms. The predicted octanol–water partition coefficient (Wildman–Crippen LogP) is 5.31. The summed E-state index contributed by atoms with van der Waals surface area (Å²) in [7, 11) is 0. The Balaban J connectivity index is 2.32. The van der Waals surface area contributed by atoms with Crippen LogP contribution in [0.5, 0.6) is 11.5 Å². The summed E-state index contributed by atoms with van der Waals surface area (Å²) >= 11 is 9.33. The molecule has 0 aliphatic rings. The Bertz CT molecular complexity index is 636. The van der Waals surface area contributed by atoms with Gasteiger partial charge < -0.3 is 10.5 Å². The number of halogens is 3. The number of benzene rings is 2. The van der Waals surface area contributed by atoms with Crippen LogP contribution in [0.2, 0.25) is 5.02 Å². The Morgan fingerprint density at radius 3 is 2.71 bits per heavy atom. The summed E-state index contributed by atoms with van der Waals surface area (Å²) in [4.78, 5) is 0. The molecule has 2 rings (SSSR count). The zero-order chi connectivity index (χ0) is 15.4. The molecule has 0 aliphatic carbocycles. The molecule has 5 heteroatoms. The van der Waals surface area contributed by atoms with Gasteiger partial charge in [0.25, 0.3) is 0 Å². The Morgan fingerprint density at radius 2 is 2.00 bits per heavy atom. The highest BCUT2D eigenvalue weighted by Crippen LogP contribution is 2.32. The Labute approximate surface area is 137 Å². The largest absolute Gasteiger partial charge is 0.454 e. The predicted molar refractivity (Wildman–Crippen MR) is 87.6 cm³/mol. The van der Waals surface area contributed by atoms with E-state index in [2.05, 4.69) is 15.9 Å². The van der Waals surface area contributed by atoms with Gasteiger partial charge in [0.05, 0.1) is 0 Å². The van der Waals surface area contributed by atoms with Crippen molar-refractivity contribution in [2.75, 3.05) is 0 Å². The molecule has 0 saturated carbocycles. The number of rotatable bonds is 5. The van der Waals surface area contributed by atoms with E-state index in [-0.39, 0.29) is 11.8 Å². The maximum atomic E-state index is 13.8. The highest BCUT2D eigenvalue weighted by atomic mass is 79.9. The molecule has 0 bridgehead atoms. The van der Waals surface area contributed by atoms with E-state index < -0.39 is 5.82 Å². The third-order valence-corrected chi connectivity index (χ3v) is 3.87. The van der Waals surface area contributed by atoms with Crippen molar-refractivity contribution in [1.82, 2.24) is 0 Å². The van der Waals surface area contributed by atoms with Gasteiger partial charge >= 0.3 is 0 Å². The van der Waals surface area contributed by atoms with Gasteiger partial charge in [-0.2, -0.15) is 0 Å². The first-order valence-electron chi connectivity index (χ1n) is 6.66. The Kier molecular flexibility index (Phi) is 5.62. The molecule has 0 saturated heterocycles. The summed E-state index contributed by atoms with van der Waals surface area (Å²) in [6, 6.07) is 9.84. The molecule has 21 heavy (non-hydrogen) atoms. The van der Waals surface area contributed by atoms with Crippen molar-refractivity contribution >= 4 is 27.5 Å². The first-order valence-corrected chi connectivity index (χ1v) is 7.83. The van der Waals surface area contributed by atoms with Gasteiger partial charge in [-0.15, -0.1) is 0 Å². The van der Waals surface area contributed by atoms with Gasteiger partial charge in [-0.05, 0) is 54.8 Å². The van der Waals surface area contributed by atoms with Crippen molar-refractivity contribution < 1.29 is 9.13 Å². The van der Waals surface area contributed by atoms with Crippen molar-refractivity contribution in [1.29, 1.82) is 0 Å². The number of nitrogens with two attached hydrogens (primary N) is 1.